The Balaban J connectivity index is 1.62. The molecule has 1 aromatic carbocycles. The van der Waals surface area contributed by atoms with Crippen LogP contribution in [0.25, 0.3) is 0 Å². The maximum Gasteiger partial charge on any atom is 0.0990 e. The number of nitrogens with zero attached hydrogens (tertiary/aromatic N) is 2. The highest BCUT2D eigenvalue weighted by molar-refractivity contribution is 5.42. The molecular weight excluding hydrogens is 308 g/mol. The van der Waals surface area contributed by atoms with Crippen molar-refractivity contribution in [3.05, 3.63) is 65.0 Å². The summed E-state index contributed by atoms with van der Waals surface area (Å²) in [4.78, 5) is 7.31. The lowest BCUT2D eigenvalue weighted by Gasteiger charge is -2.36. The van der Waals surface area contributed by atoms with Gasteiger partial charge in [0.25, 0.3) is 0 Å². The van der Waals surface area contributed by atoms with Crippen LogP contribution in [0, 0.1) is 5.92 Å². The summed E-state index contributed by atoms with van der Waals surface area (Å²) in [7, 11) is 0. The highest BCUT2D eigenvalue weighted by Gasteiger charge is 2.33. The molecule has 1 aromatic heterocycles. The molecule has 1 aliphatic carbocycles. The topological polar surface area (TPSA) is 25.4 Å². The molecule has 4 rings (SSSR count). The Kier molecular flexibility index (Phi) is 5.14. The van der Waals surface area contributed by atoms with Gasteiger partial charge in [0.1, 0.15) is 0 Å². The lowest BCUT2D eigenvalue weighted by molar-refractivity contribution is 0.0151. The van der Waals surface area contributed by atoms with Crippen molar-refractivity contribution in [1.82, 2.24) is 9.88 Å². The van der Waals surface area contributed by atoms with Crippen LogP contribution in [0.5, 0.6) is 0 Å². The van der Waals surface area contributed by atoms with Gasteiger partial charge in [-0.3, -0.25) is 9.88 Å². The number of benzene rings is 1. The van der Waals surface area contributed by atoms with E-state index in [1.165, 1.54) is 35.2 Å². The highest BCUT2D eigenvalue weighted by Crippen LogP contribution is 2.41. The molecule has 0 saturated carbocycles. The van der Waals surface area contributed by atoms with E-state index in [9.17, 15) is 0 Å². The number of aryl methyl sites for hydroxylation is 2. The molecular formula is C22H28N2O. The first-order valence-corrected chi connectivity index (χ1v) is 9.68. The molecule has 132 valence electrons. The van der Waals surface area contributed by atoms with Gasteiger partial charge in [0, 0.05) is 31.8 Å². The van der Waals surface area contributed by atoms with Gasteiger partial charge in [-0.05, 0) is 61.3 Å². The van der Waals surface area contributed by atoms with Crippen molar-refractivity contribution < 1.29 is 4.74 Å². The number of piperidine rings is 1. The van der Waals surface area contributed by atoms with E-state index in [0.717, 1.165) is 39.3 Å². The SMILES string of the molecule is CCOCN1CCC(C2c3ccccc3CCc3cccnc32)CC1. The van der Waals surface area contributed by atoms with Crippen molar-refractivity contribution in [1.29, 1.82) is 0 Å². The Hall–Kier alpha value is -1.71. The lowest BCUT2D eigenvalue weighted by Crippen LogP contribution is -2.37. The summed E-state index contributed by atoms with van der Waals surface area (Å²) in [5.74, 6) is 1.12. The second kappa shape index (κ2) is 7.67. The Morgan fingerprint density at radius 1 is 1.04 bits per heavy atom. The Morgan fingerprint density at radius 2 is 1.80 bits per heavy atom. The van der Waals surface area contributed by atoms with Crippen LogP contribution in [-0.2, 0) is 17.6 Å². The standard InChI is InChI=1S/C22H28N2O/c1-2-25-16-24-14-11-18(12-15-24)21-20-8-4-3-6-17(20)9-10-19-7-5-13-23-22(19)21/h3-8,13,18,21H,2,9-12,14-16H2,1H3. The van der Waals surface area contributed by atoms with Crippen molar-refractivity contribution in [2.24, 2.45) is 5.92 Å². The number of hydrogen-bond acceptors (Lipinski definition) is 3. The first kappa shape index (κ1) is 16.7. The van der Waals surface area contributed by atoms with Gasteiger partial charge >= 0.3 is 0 Å². The molecule has 0 radical (unpaired) electrons. The number of hydrogen-bond donors (Lipinski definition) is 0. The van der Waals surface area contributed by atoms with E-state index in [1.807, 2.05) is 6.20 Å². The van der Waals surface area contributed by atoms with Crippen molar-refractivity contribution in [3.8, 4) is 0 Å². The molecule has 2 heterocycles. The molecule has 1 fully saturated rings. The molecule has 1 atom stereocenters. The molecule has 0 bridgehead atoms. The predicted octanol–water partition coefficient (Wildman–Crippen LogP) is 4.02. The van der Waals surface area contributed by atoms with Crippen LogP contribution in [0.3, 0.4) is 0 Å². The van der Waals surface area contributed by atoms with Gasteiger partial charge in [0.2, 0.25) is 0 Å². The molecule has 1 aliphatic heterocycles. The van der Waals surface area contributed by atoms with Crippen LogP contribution in [0.4, 0.5) is 0 Å². The molecule has 0 amide bonds. The minimum atomic E-state index is 0.448. The van der Waals surface area contributed by atoms with Crippen molar-refractivity contribution in [2.45, 2.75) is 38.5 Å². The van der Waals surface area contributed by atoms with Gasteiger partial charge in [-0.1, -0.05) is 30.3 Å². The third kappa shape index (κ3) is 3.49. The van der Waals surface area contributed by atoms with Crippen LogP contribution in [0.15, 0.2) is 42.6 Å². The molecule has 3 heteroatoms. The first-order valence-electron chi connectivity index (χ1n) is 9.68. The summed E-state index contributed by atoms with van der Waals surface area (Å²) >= 11 is 0. The average Bonchev–Trinajstić information content (AvgIpc) is 2.84. The van der Waals surface area contributed by atoms with Crippen molar-refractivity contribution in [2.75, 3.05) is 26.4 Å². The summed E-state index contributed by atoms with van der Waals surface area (Å²) in [5.41, 5.74) is 5.81. The fourth-order valence-corrected chi connectivity index (χ4v) is 4.54. The van der Waals surface area contributed by atoms with Crippen molar-refractivity contribution >= 4 is 0 Å². The second-order valence-electron chi connectivity index (χ2n) is 7.30. The molecule has 25 heavy (non-hydrogen) atoms. The number of rotatable bonds is 4. The maximum atomic E-state index is 5.60. The van der Waals surface area contributed by atoms with Gasteiger partial charge in [-0.2, -0.15) is 0 Å². The summed E-state index contributed by atoms with van der Waals surface area (Å²) in [6, 6.07) is 13.4. The van der Waals surface area contributed by atoms with Crippen LogP contribution >= 0.6 is 0 Å². The monoisotopic (exact) mass is 336 g/mol. The second-order valence-corrected chi connectivity index (χ2v) is 7.30. The van der Waals surface area contributed by atoms with Crippen LogP contribution in [0.2, 0.25) is 0 Å². The lowest BCUT2D eigenvalue weighted by atomic mass is 9.76. The first-order chi connectivity index (χ1) is 12.4. The molecule has 0 spiro atoms. The van der Waals surface area contributed by atoms with E-state index < -0.39 is 0 Å². The third-order valence-electron chi connectivity index (χ3n) is 5.86. The van der Waals surface area contributed by atoms with Gasteiger partial charge in [-0.15, -0.1) is 0 Å². The van der Waals surface area contributed by atoms with E-state index in [2.05, 4.69) is 48.2 Å². The van der Waals surface area contributed by atoms with E-state index in [4.69, 9.17) is 9.72 Å². The van der Waals surface area contributed by atoms with Crippen LogP contribution < -0.4 is 0 Å². The molecule has 0 N–H and O–H groups in total. The van der Waals surface area contributed by atoms with E-state index in [-0.39, 0.29) is 0 Å². The number of likely N-dealkylation sites (tertiary alicyclic amines) is 1. The van der Waals surface area contributed by atoms with E-state index in [0.29, 0.717) is 11.8 Å². The van der Waals surface area contributed by atoms with Gasteiger partial charge in [-0.25, -0.2) is 0 Å². The zero-order chi connectivity index (χ0) is 17.1. The van der Waals surface area contributed by atoms with Gasteiger partial charge in [0.05, 0.1) is 12.4 Å². The van der Waals surface area contributed by atoms with Crippen LogP contribution in [0.1, 0.15) is 48.1 Å². The normalized spacial score (nSPS) is 21.4. The van der Waals surface area contributed by atoms with Crippen LogP contribution in [-0.4, -0.2) is 36.3 Å². The molecule has 1 unspecified atom stereocenters. The Morgan fingerprint density at radius 3 is 2.64 bits per heavy atom. The predicted molar refractivity (Wildman–Crippen MR) is 101 cm³/mol. The van der Waals surface area contributed by atoms with Crippen molar-refractivity contribution in [3.63, 3.8) is 0 Å². The minimum Gasteiger partial charge on any atom is -0.366 e. The van der Waals surface area contributed by atoms with E-state index in [1.54, 1.807) is 0 Å². The summed E-state index contributed by atoms with van der Waals surface area (Å²) in [5, 5.41) is 0. The summed E-state index contributed by atoms with van der Waals surface area (Å²) in [6.45, 7) is 5.90. The largest absolute Gasteiger partial charge is 0.366 e. The average molecular weight is 336 g/mol. The molecule has 3 nitrogen and oxygen atoms in total. The fraction of sp³-hybridized carbons (Fsp3) is 0.500. The summed E-state index contributed by atoms with van der Waals surface area (Å²) < 4.78 is 5.60. The molecule has 1 saturated heterocycles. The van der Waals surface area contributed by atoms with E-state index >= 15 is 0 Å². The molecule has 2 aliphatic rings. The molecule has 2 aromatic rings. The Bertz CT molecular complexity index is 659. The Labute approximate surface area is 151 Å². The number of aromatic nitrogens is 1. The van der Waals surface area contributed by atoms with Gasteiger partial charge < -0.3 is 4.74 Å². The third-order valence-corrected chi connectivity index (χ3v) is 5.86. The zero-order valence-corrected chi connectivity index (χ0v) is 15.2. The smallest absolute Gasteiger partial charge is 0.0990 e. The number of fused-ring (bicyclic) bond motifs is 2. The summed E-state index contributed by atoms with van der Waals surface area (Å²) in [6.07, 6.45) is 6.67. The maximum absolute atomic E-state index is 5.60. The van der Waals surface area contributed by atoms with Gasteiger partial charge in [0.15, 0.2) is 0 Å². The number of pyridine rings is 1. The minimum absolute atomic E-state index is 0.448. The zero-order valence-electron chi connectivity index (χ0n) is 15.2. The highest BCUT2D eigenvalue weighted by atomic mass is 16.5. The quantitative estimate of drug-likeness (QED) is 0.843. The number of ether oxygens (including phenoxy) is 1. The fourth-order valence-electron chi connectivity index (χ4n) is 4.54.